The summed E-state index contributed by atoms with van der Waals surface area (Å²) in [5.41, 5.74) is 9.95. The Balaban J connectivity index is 1.81. The minimum atomic E-state index is -0.461. The number of aromatic nitrogens is 1. The van der Waals surface area contributed by atoms with Gasteiger partial charge in [-0.15, -0.1) is 0 Å². The molecule has 8 nitrogen and oxygen atoms in total. The lowest BCUT2D eigenvalue weighted by Crippen LogP contribution is -2.37. The molecular weight excluding hydrogens is 334 g/mol. The van der Waals surface area contributed by atoms with E-state index >= 15 is 0 Å². The van der Waals surface area contributed by atoms with E-state index in [-0.39, 0.29) is 12.2 Å². The molecule has 26 heavy (non-hydrogen) atoms. The number of ether oxygens (including phenoxy) is 1. The van der Waals surface area contributed by atoms with Gasteiger partial charge in [-0.1, -0.05) is 35.4 Å². The molecule has 0 bridgehead atoms. The van der Waals surface area contributed by atoms with Crippen molar-refractivity contribution >= 4 is 11.6 Å². The molecule has 1 aromatic heterocycles. The van der Waals surface area contributed by atoms with Crippen molar-refractivity contribution in [2.24, 2.45) is 5.11 Å². The summed E-state index contributed by atoms with van der Waals surface area (Å²) >= 11 is 0. The quantitative estimate of drug-likeness (QED) is 0.337. The Morgan fingerprint density at radius 1 is 1.35 bits per heavy atom. The molecule has 0 saturated carbocycles. The number of nitrogens with zero attached hydrogens (tertiary/aromatic N) is 5. The molecule has 1 saturated heterocycles. The lowest BCUT2D eigenvalue weighted by atomic mass is 10.2. The van der Waals surface area contributed by atoms with E-state index in [0.29, 0.717) is 12.3 Å². The topological polar surface area (TPSA) is 100 Å². The smallest absolute Gasteiger partial charge is 0.296 e. The molecule has 134 valence electrons. The first kappa shape index (κ1) is 17.9. The third-order valence-corrected chi connectivity index (χ3v) is 3.90. The molecule has 1 fully saturated rings. The number of hydrogen-bond donors (Lipinski definition) is 0. The molecule has 2 heterocycles. The first-order valence-electron chi connectivity index (χ1n) is 8.41. The van der Waals surface area contributed by atoms with Gasteiger partial charge in [0.2, 0.25) is 0 Å². The Labute approximate surface area is 150 Å². The van der Waals surface area contributed by atoms with Crippen LogP contribution in [0.3, 0.4) is 0 Å². The van der Waals surface area contributed by atoms with Gasteiger partial charge < -0.3 is 4.74 Å². The zero-order chi connectivity index (χ0) is 18.2. The second kappa shape index (κ2) is 8.96. The van der Waals surface area contributed by atoms with Crippen LogP contribution in [0.1, 0.15) is 35.3 Å². The monoisotopic (exact) mass is 353 g/mol. The fraction of sp³-hybridized carbons (Fsp3) is 0.333. The summed E-state index contributed by atoms with van der Waals surface area (Å²) in [5, 5.41) is 4.77. The van der Waals surface area contributed by atoms with Crippen molar-refractivity contribution in [2.75, 3.05) is 6.61 Å². The summed E-state index contributed by atoms with van der Waals surface area (Å²) in [7, 11) is 0. The summed E-state index contributed by atoms with van der Waals surface area (Å²) in [6.45, 7) is 0.871. The highest BCUT2D eigenvalue weighted by atomic mass is 16.8. The van der Waals surface area contributed by atoms with Gasteiger partial charge in [-0.2, -0.15) is 0 Å². The van der Waals surface area contributed by atoms with E-state index in [1.807, 2.05) is 30.3 Å². The van der Waals surface area contributed by atoms with Crippen LogP contribution < -0.4 is 0 Å². The van der Waals surface area contributed by atoms with Crippen molar-refractivity contribution in [3.8, 4) is 0 Å². The molecule has 1 aliphatic rings. The fourth-order valence-corrected chi connectivity index (χ4v) is 2.62. The van der Waals surface area contributed by atoms with Crippen LogP contribution >= 0.6 is 0 Å². The van der Waals surface area contributed by atoms with Gasteiger partial charge in [0, 0.05) is 29.8 Å². The molecule has 2 aromatic rings. The van der Waals surface area contributed by atoms with Crippen molar-refractivity contribution in [3.05, 3.63) is 70.4 Å². The normalized spacial score (nSPS) is 16.5. The summed E-state index contributed by atoms with van der Waals surface area (Å²) < 4.78 is 5.59. The Bertz CT molecular complexity index is 786. The van der Waals surface area contributed by atoms with Gasteiger partial charge in [-0.25, -0.2) is 9.90 Å². The molecule has 0 spiro atoms. The maximum absolute atomic E-state index is 12.9. The minimum Gasteiger partial charge on any atom is -0.350 e. The molecule has 1 unspecified atom stereocenters. The Morgan fingerprint density at radius 2 is 2.19 bits per heavy atom. The van der Waals surface area contributed by atoms with E-state index in [4.69, 9.17) is 15.1 Å². The second-order valence-electron chi connectivity index (χ2n) is 5.82. The average Bonchev–Trinajstić information content (AvgIpc) is 2.69. The van der Waals surface area contributed by atoms with Crippen molar-refractivity contribution in [3.63, 3.8) is 0 Å². The first-order chi connectivity index (χ1) is 12.8. The van der Waals surface area contributed by atoms with Crippen LogP contribution in [0, 0.1) is 0 Å². The van der Waals surface area contributed by atoms with Crippen molar-refractivity contribution < 1.29 is 14.4 Å². The van der Waals surface area contributed by atoms with Crippen LogP contribution in [0.5, 0.6) is 0 Å². The van der Waals surface area contributed by atoms with E-state index in [0.717, 1.165) is 24.8 Å². The maximum Gasteiger partial charge on any atom is 0.296 e. The molecule has 1 aliphatic heterocycles. The number of carbonyl (C=O) groups is 1. The number of hydrogen-bond acceptors (Lipinski definition) is 5. The molecule has 0 radical (unpaired) electrons. The van der Waals surface area contributed by atoms with E-state index in [1.165, 1.54) is 23.4 Å². The average molecular weight is 353 g/mol. The first-order valence-corrected chi connectivity index (χ1v) is 8.41. The zero-order valence-electron chi connectivity index (χ0n) is 14.2. The van der Waals surface area contributed by atoms with Crippen LogP contribution in [-0.4, -0.2) is 28.9 Å². The molecule has 0 aliphatic carbocycles. The van der Waals surface area contributed by atoms with Gasteiger partial charge in [0.15, 0.2) is 6.29 Å². The number of pyridine rings is 1. The van der Waals surface area contributed by atoms with E-state index in [9.17, 15) is 4.79 Å². The van der Waals surface area contributed by atoms with Crippen LogP contribution in [0.25, 0.3) is 10.4 Å². The molecule has 1 amide bonds. The summed E-state index contributed by atoms with van der Waals surface area (Å²) in [4.78, 5) is 25.6. The lowest BCUT2D eigenvalue weighted by molar-refractivity contribution is -0.270. The predicted molar refractivity (Wildman–Crippen MR) is 94.0 cm³/mol. The van der Waals surface area contributed by atoms with Crippen LogP contribution in [0.15, 0.2) is 53.8 Å². The Hall–Kier alpha value is -2.93. The number of carbonyl (C=O) groups excluding carboxylic acids is 1. The van der Waals surface area contributed by atoms with Gasteiger partial charge in [0.25, 0.3) is 5.91 Å². The van der Waals surface area contributed by atoms with Gasteiger partial charge in [-0.3, -0.25) is 9.78 Å². The number of amides is 1. The maximum atomic E-state index is 12.9. The van der Waals surface area contributed by atoms with Crippen LogP contribution in [0.4, 0.5) is 5.69 Å². The lowest BCUT2D eigenvalue weighted by Gasteiger charge is -2.29. The van der Waals surface area contributed by atoms with Crippen LogP contribution in [0.2, 0.25) is 0 Å². The van der Waals surface area contributed by atoms with Crippen molar-refractivity contribution in [1.82, 2.24) is 10.0 Å². The van der Waals surface area contributed by atoms with Crippen molar-refractivity contribution in [1.29, 1.82) is 0 Å². The molecular formula is C18H19N5O3. The number of azide groups is 1. The van der Waals surface area contributed by atoms with Crippen LogP contribution in [-0.2, 0) is 16.1 Å². The molecule has 8 heteroatoms. The highest BCUT2D eigenvalue weighted by molar-refractivity contribution is 5.92. The van der Waals surface area contributed by atoms with Gasteiger partial charge in [0.1, 0.15) is 5.69 Å². The minimum absolute atomic E-state index is 0.140. The van der Waals surface area contributed by atoms with Gasteiger partial charge >= 0.3 is 0 Å². The molecule has 1 aromatic carbocycles. The number of benzene rings is 1. The van der Waals surface area contributed by atoms with E-state index < -0.39 is 12.2 Å². The fourth-order valence-electron chi connectivity index (χ4n) is 2.62. The molecule has 0 N–H and O–H groups in total. The summed E-state index contributed by atoms with van der Waals surface area (Å²) in [5.74, 6) is -0.419. The summed E-state index contributed by atoms with van der Waals surface area (Å²) in [6.07, 6.45) is 3.67. The van der Waals surface area contributed by atoms with E-state index in [1.54, 1.807) is 0 Å². The van der Waals surface area contributed by atoms with E-state index in [2.05, 4.69) is 15.0 Å². The Kier molecular flexibility index (Phi) is 6.16. The number of rotatable bonds is 6. The number of hydroxylamine groups is 2. The summed E-state index contributed by atoms with van der Waals surface area (Å²) in [6, 6.07) is 12.5. The third-order valence-electron chi connectivity index (χ3n) is 3.90. The Morgan fingerprint density at radius 3 is 2.92 bits per heavy atom. The molecule has 3 rings (SSSR count). The van der Waals surface area contributed by atoms with Crippen molar-refractivity contribution in [2.45, 2.75) is 32.1 Å². The largest absolute Gasteiger partial charge is 0.350 e. The van der Waals surface area contributed by atoms with Gasteiger partial charge in [0.05, 0.1) is 6.54 Å². The zero-order valence-corrected chi connectivity index (χ0v) is 14.2. The highest BCUT2D eigenvalue weighted by Crippen LogP contribution is 2.20. The standard InChI is InChI=1S/C18H19N5O3/c19-22-21-15-9-10-20-16(12-15)18(24)23(13-14-6-2-1-3-7-14)26-17-8-4-5-11-25-17/h1-3,6-7,9-10,12,17H,4-5,8,11,13H2. The third kappa shape index (κ3) is 4.80. The SMILES string of the molecule is [N-]=[N+]=Nc1ccnc(C(=O)N(Cc2ccccc2)OC2CCCCO2)c1. The predicted octanol–water partition coefficient (Wildman–Crippen LogP) is 4.12. The van der Waals surface area contributed by atoms with Gasteiger partial charge in [-0.05, 0) is 36.1 Å². The molecule has 1 atom stereocenters. The second-order valence-corrected chi connectivity index (χ2v) is 5.82. The highest BCUT2D eigenvalue weighted by Gasteiger charge is 2.24.